The summed E-state index contributed by atoms with van der Waals surface area (Å²) in [5.41, 5.74) is 4.46. The largest absolute Gasteiger partial charge is 1.00 e. The van der Waals surface area contributed by atoms with Crippen LogP contribution < -0.4 is 85.9 Å². The first-order valence-electron chi connectivity index (χ1n) is 12.2. The van der Waals surface area contributed by atoms with Crippen molar-refractivity contribution in [3.05, 3.63) is 22.7 Å². The van der Waals surface area contributed by atoms with Crippen LogP contribution in [-0.4, -0.2) is 108 Å². The van der Waals surface area contributed by atoms with Gasteiger partial charge in [0.15, 0.2) is 6.23 Å². The molecule has 0 aliphatic carbocycles. The number of nitrogens with zero attached hydrogens (tertiary/aromatic N) is 2. The number of phosphoric ester groups is 1. The fourth-order valence-electron chi connectivity index (χ4n) is 4.43. The van der Waals surface area contributed by atoms with Crippen LogP contribution >= 0.6 is 7.82 Å². The summed E-state index contributed by atoms with van der Waals surface area (Å²) in [6, 6.07) is -0.302. The van der Waals surface area contributed by atoms with E-state index in [2.05, 4.69) is 19.3 Å². The zero-order chi connectivity index (χ0) is 30.9. The molecule has 19 nitrogen and oxygen atoms in total. The second-order valence-corrected chi connectivity index (χ2v) is 10.8. The van der Waals surface area contributed by atoms with Crippen LogP contribution in [0.5, 0.6) is 0 Å². The number of amides is 1. The Balaban J connectivity index is 0.00000462. The van der Waals surface area contributed by atoms with E-state index < -0.39 is 99.2 Å². The average molecular weight is 656 g/mol. The number of nitrogen functional groups attached to an aromatic ring is 1. The molecule has 3 rings (SSSR count). The predicted octanol–water partition coefficient (Wildman–Crippen LogP) is -11.8. The molecular weight excluding hydrogens is 625 g/mol. The molecule has 1 aromatic heterocycles. The van der Waals surface area contributed by atoms with Crippen LogP contribution in [0.15, 0.2) is 17.1 Å². The molecule has 232 valence electrons. The second kappa shape index (κ2) is 16.3. The van der Waals surface area contributed by atoms with E-state index in [0.29, 0.717) is 0 Å². The minimum atomic E-state index is -5.76. The summed E-state index contributed by atoms with van der Waals surface area (Å²) in [5, 5.41) is 66.1. The number of hydrogen-bond acceptors (Lipinski definition) is 17. The number of aliphatic carboxylic acids is 1. The molecule has 8 N–H and O–H groups in total. The van der Waals surface area contributed by atoms with Crippen LogP contribution in [0.25, 0.3) is 0 Å². The molecule has 0 radical (unpaired) electrons. The molecule has 1 amide bonds. The molecule has 0 aromatic carbocycles. The number of hydrogen-bond donors (Lipinski definition) is 7. The van der Waals surface area contributed by atoms with Gasteiger partial charge in [-0.15, -0.1) is 0 Å². The number of carbonyl (C=O) groups is 2. The molecule has 22 heteroatoms. The van der Waals surface area contributed by atoms with Gasteiger partial charge in [0, 0.05) is 19.5 Å². The molecule has 2 fully saturated rings. The van der Waals surface area contributed by atoms with Gasteiger partial charge >= 0.3 is 64.8 Å². The molecule has 2 aliphatic rings. The van der Waals surface area contributed by atoms with Gasteiger partial charge < -0.3 is 65.4 Å². The van der Waals surface area contributed by atoms with Gasteiger partial charge in [-0.1, -0.05) is 6.92 Å². The monoisotopic (exact) mass is 656 g/mol. The number of anilines is 1. The van der Waals surface area contributed by atoms with Gasteiger partial charge in [0.1, 0.15) is 42.3 Å². The van der Waals surface area contributed by atoms with E-state index in [4.69, 9.17) is 15.2 Å². The first-order chi connectivity index (χ1) is 19.0. The zero-order valence-electron chi connectivity index (χ0n) is 23.7. The second-order valence-electron chi connectivity index (χ2n) is 9.51. The fraction of sp³-hybridized carbons (Fsp3) is 0.714. The molecule has 0 bridgehead atoms. The molecule has 43 heavy (non-hydrogen) atoms. The summed E-state index contributed by atoms with van der Waals surface area (Å²) in [6.07, 6.45) is -14.1. The third kappa shape index (κ3) is 9.49. The van der Waals surface area contributed by atoms with E-state index in [1.54, 1.807) is 0 Å². The minimum Gasteiger partial charge on any atom is -0.756 e. The third-order valence-corrected chi connectivity index (χ3v) is 7.51. The van der Waals surface area contributed by atoms with Crippen molar-refractivity contribution in [3.63, 3.8) is 0 Å². The van der Waals surface area contributed by atoms with Crippen molar-refractivity contribution in [2.75, 3.05) is 12.3 Å². The smallest absolute Gasteiger partial charge is 0.756 e. The van der Waals surface area contributed by atoms with Gasteiger partial charge in [0.05, 0.1) is 24.9 Å². The van der Waals surface area contributed by atoms with Crippen molar-refractivity contribution in [3.8, 4) is 0 Å². The molecule has 11 atom stereocenters. The summed E-state index contributed by atoms with van der Waals surface area (Å²) < 4.78 is 33.4. The molecular formula is C21H31N4Na2O15P. The summed E-state index contributed by atoms with van der Waals surface area (Å²) in [4.78, 5) is 51.9. The van der Waals surface area contributed by atoms with Gasteiger partial charge in [0.25, 0.3) is 7.82 Å². The number of aliphatic hydroxyl groups excluding tert-OH is 5. The maximum absolute atomic E-state index is 12.7. The van der Waals surface area contributed by atoms with Gasteiger partial charge in [-0.05, 0) is 12.5 Å². The summed E-state index contributed by atoms with van der Waals surface area (Å²) in [6.45, 7) is 1.43. The SMILES string of the molecule is CC[C@@H](O)[C@@H](O)C1OC(OP(=O)([O-])OCC2OC(n3ccc(N)nc3=O)C(O)C2O)(C(=O)[O-])CC(O)C1NC(C)=O.[Na+].[Na+]. The van der Waals surface area contributed by atoms with Gasteiger partial charge in [0.2, 0.25) is 11.7 Å². The first-order valence-corrected chi connectivity index (χ1v) is 13.7. The number of carboxylic acids is 1. The number of aromatic nitrogens is 2. The van der Waals surface area contributed by atoms with Crippen LogP contribution in [0.2, 0.25) is 0 Å². The number of aliphatic hydroxyl groups is 5. The van der Waals surface area contributed by atoms with Crippen LogP contribution in [0.4, 0.5) is 5.82 Å². The van der Waals surface area contributed by atoms with Gasteiger partial charge in [-0.25, -0.2) is 4.79 Å². The van der Waals surface area contributed by atoms with E-state index in [9.17, 15) is 54.5 Å². The Morgan fingerprint density at radius 3 is 2.47 bits per heavy atom. The molecule has 2 saturated heterocycles. The number of nitrogens with two attached hydrogens (primary N) is 1. The summed E-state index contributed by atoms with van der Waals surface area (Å²) >= 11 is 0. The van der Waals surface area contributed by atoms with E-state index >= 15 is 0 Å². The Labute approximate surface area is 288 Å². The van der Waals surface area contributed by atoms with E-state index in [0.717, 1.165) is 17.7 Å². The van der Waals surface area contributed by atoms with Crippen LogP contribution in [0, 0.1) is 0 Å². The molecule has 0 saturated carbocycles. The summed E-state index contributed by atoms with van der Waals surface area (Å²) in [5.74, 6) is -6.48. The molecule has 9 unspecified atom stereocenters. The van der Waals surface area contributed by atoms with Crippen LogP contribution in [0.3, 0.4) is 0 Å². The van der Waals surface area contributed by atoms with Crippen molar-refractivity contribution in [1.29, 1.82) is 0 Å². The predicted molar refractivity (Wildman–Crippen MR) is 127 cm³/mol. The maximum Gasteiger partial charge on any atom is 1.00 e. The number of carbonyl (C=O) groups excluding carboxylic acids is 2. The Hall–Kier alpha value is -0.550. The van der Waals surface area contributed by atoms with Crippen molar-refractivity contribution in [2.24, 2.45) is 0 Å². The van der Waals surface area contributed by atoms with E-state index in [1.807, 2.05) is 0 Å². The number of carboxylic acid groups (broad SMARTS) is 1. The summed E-state index contributed by atoms with van der Waals surface area (Å²) in [7, 11) is -5.76. The van der Waals surface area contributed by atoms with E-state index in [1.165, 1.54) is 13.0 Å². The minimum absolute atomic E-state index is 0. The van der Waals surface area contributed by atoms with Crippen LogP contribution in [-0.2, 0) is 32.7 Å². The first kappa shape index (κ1) is 40.5. The average Bonchev–Trinajstić information content (AvgIpc) is 3.16. The Bertz CT molecular complexity index is 1230. The number of rotatable bonds is 11. The molecule has 0 spiro atoms. The van der Waals surface area contributed by atoms with Gasteiger partial charge in [-0.2, -0.15) is 4.98 Å². The Kier molecular flexibility index (Phi) is 15.4. The third-order valence-electron chi connectivity index (χ3n) is 6.52. The van der Waals surface area contributed by atoms with Crippen molar-refractivity contribution in [2.45, 2.75) is 87.5 Å². The van der Waals surface area contributed by atoms with Crippen LogP contribution in [0.1, 0.15) is 32.9 Å². The number of nitrogens with one attached hydrogen (secondary N) is 1. The number of phosphoric acid groups is 1. The Morgan fingerprint density at radius 2 is 1.93 bits per heavy atom. The Morgan fingerprint density at radius 1 is 1.30 bits per heavy atom. The van der Waals surface area contributed by atoms with Crippen molar-refractivity contribution >= 4 is 25.5 Å². The number of ether oxygens (including phenoxy) is 2. The topological polar surface area (TPSA) is 308 Å². The van der Waals surface area contributed by atoms with E-state index in [-0.39, 0.29) is 71.4 Å². The zero-order valence-corrected chi connectivity index (χ0v) is 28.6. The fourth-order valence-corrected chi connectivity index (χ4v) is 5.37. The standard InChI is InChI=1S/C21H33N4O15P.2Na/c1-3-9(27)14(29)17-13(23-8(2)26)10(28)6-21(39-17,19(32)33)40-41(35,36)37-7-11-15(30)16(31)18(38-11)25-5-4-12(22)24-20(25)34;;/h4-5,9-11,13-18,27-31H,3,6-7H2,1-2H3,(H,23,26)(H,32,33)(H,35,36)(H2,22,24,34);;/q;2*+1/p-2/t9-,10?,11?,13?,14-,15?,16?,17?,18?,21?;;/m1../s1. The van der Waals surface area contributed by atoms with Gasteiger partial charge in [-0.3, -0.25) is 18.5 Å². The molecule has 3 heterocycles. The van der Waals surface area contributed by atoms with Crippen molar-refractivity contribution < 1.29 is 127 Å². The maximum atomic E-state index is 12.7. The normalized spacial score (nSPS) is 33.3. The molecule has 1 aromatic rings. The van der Waals surface area contributed by atoms with Crippen molar-refractivity contribution in [1.82, 2.24) is 14.9 Å². The molecule has 2 aliphatic heterocycles. The quantitative estimate of drug-likeness (QED) is 0.0859.